The van der Waals surface area contributed by atoms with Gasteiger partial charge in [-0.1, -0.05) is 25.0 Å². The topological polar surface area (TPSA) is 12.0 Å². The van der Waals surface area contributed by atoms with Gasteiger partial charge in [0.2, 0.25) is 0 Å². The molecule has 1 aromatic carbocycles. The Morgan fingerprint density at radius 1 is 1.14 bits per heavy atom. The van der Waals surface area contributed by atoms with Crippen LogP contribution in [0.2, 0.25) is 0 Å². The minimum Gasteiger partial charge on any atom is -0.380 e. The molecule has 0 radical (unpaired) electrons. The van der Waals surface area contributed by atoms with Gasteiger partial charge in [-0.05, 0) is 25.0 Å². The number of hydrogen-bond acceptors (Lipinski definition) is 2. The molecule has 0 spiro atoms. The van der Waals surface area contributed by atoms with Gasteiger partial charge in [0.15, 0.2) is 0 Å². The molecule has 3 rings (SSSR count). The first-order valence-electron chi connectivity index (χ1n) is 5.46. The fourth-order valence-corrected chi connectivity index (χ4v) is 3.84. The summed E-state index contributed by atoms with van der Waals surface area (Å²) in [6.07, 6.45) is 5.55. The monoisotopic (exact) mass is 205 g/mol. The van der Waals surface area contributed by atoms with Crippen molar-refractivity contribution in [2.45, 2.75) is 41.9 Å². The quantitative estimate of drug-likeness (QED) is 0.695. The second-order valence-electron chi connectivity index (χ2n) is 4.19. The van der Waals surface area contributed by atoms with Gasteiger partial charge in [0.05, 0.1) is 0 Å². The van der Waals surface area contributed by atoms with Crippen molar-refractivity contribution in [3.63, 3.8) is 0 Å². The number of hydrogen-bond donors (Lipinski definition) is 1. The van der Waals surface area contributed by atoms with Gasteiger partial charge in [-0.2, -0.15) is 0 Å². The minimum absolute atomic E-state index is 0.726. The fraction of sp³-hybridized carbons (Fsp3) is 0.500. The Hall–Kier alpha value is -0.630. The van der Waals surface area contributed by atoms with Crippen molar-refractivity contribution in [3.05, 3.63) is 24.3 Å². The Kier molecular flexibility index (Phi) is 2.17. The summed E-state index contributed by atoms with van der Waals surface area (Å²) in [5, 5.41) is 4.50. The van der Waals surface area contributed by atoms with Crippen LogP contribution in [0, 0.1) is 0 Å². The Morgan fingerprint density at radius 2 is 2.00 bits per heavy atom. The number of benzene rings is 1. The van der Waals surface area contributed by atoms with Gasteiger partial charge in [0, 0.05) is 21.9 Å². The normalized spacial score (nSPS) is 30.0. The number of fused-ring (bicyclic) bond motifs is 2. The number of anilines is 1. The van der Waals surface area contributed by atoms with E-state index in [0.717, 1.165) is 11.3 Å². The summed E-state index contributed by atoms with van der Waals surface area (Å²) in [4.78, 5) is 1.44. The molecule has 0 amide bonds. The van der Waals surface area contributed by atoms with E-state index >= 15 is 0 Å². The van der Waals surface area contributed by atoms with E-state index in [4.69, 9.17) is 0 Å². The molecule has 2 atom stereocenters. The fourth-order valence-electron chi connectivity index (χ4n) is 2.45. The van der Waals surface area contributed by atoms with Gasteiger partial charge in [0.1, 0.15) is 0 Å². The van der Waals surface area contributed by atoms with E-state index in [1.54, 1.807) is 0 Å². The molecule has 1 fully saturated rings. The molecule has 1 N–H and O–H groups in total. The van der Waals surface area contributed by atoms with E-state index in [0.29, 0.717) is 0 Å². The van der Waals surface area contributed by atoms with Gasteiger partial charge >= 0.3 is 0 Å². The van der Waals surface area contributed by atoms with Crippen molar-refractivity contribution in [1.29, 1.82) is 0 Å². The number of nitrogens with one attached hydrogen (secondary N) is 1. The summed E-state index contributed by atoms with van der Waals surface area (Å²) >= 11 is 2.08. The van der Waals surface area contributed by atoms with Crippen LogP contribution in [-0.2, 0) is 0 Å². The molecule has 1 aliphatic heterocycles. The number of para-hydroxylation sites is 1. The van der Waals surface area contributed by atoms with Crippen LogP contribution in [-0.4, -0.2) is 11.3 Å². The summed E-state index contributed by atoms with van der Waals surface area (Å²) < 4.78 is 0. The van der Waals surface area contributed by atoms with E-state index in [2.05, 4.69) is 41.3 Å². The molecule has 2 aliphatic rings. The molecule has 2 heteroatoms. The SMILES string of the molecule is c1ccc2c(c1)NC1CCCCC1S2. The average molecular weight is 205 g/mol. The van der Waals surface area contributed by atoms with Crippen molar-refractivity contribution in [1.82, 2.24) is 0 Å². The Morgan fingerprint density at radius 3 is 3.00 bits per heavy atom. The third-order valence-electron chi connectivity index (χ3n) is 3.21. The van der Waals surface area contributed by atoms with E-state index < -0.39 is 0 Å². The minimum atomic E-state index is 0.726. The molecule has 1 aromatic rings. The van der Waals surface area contributed by atoms with Crippen LogP contribution in [0.4, 0.5) is 5.69 Å². The number of thioether (sulfide) groups is 1. The van der Waals surface area contributed by atoms with Crippen LogP contribution in [0.5, 0.6) is 0 Å². The summed E-state index contributed by atoms with van der Waals surface area (Å²) in [5.41, 5.74) is 1.35. The summed E-state index contributed by atoms with van der Waals surface area (Å²) in [5.74, 6) is 0. The molecule has 0 saturated heterocycles. The third-order valence-corrected chi connectivity index (χ3v) is 4.69. The lowest BCUT2D eigenvalue weighted by Gasteiger charge is -2.37. The van der Waals surface area contributed by atoms with Crippen LogP contribution < -0.4 is 5.32 Å². The molecular weight excluding hydrogens is 190 g/mol. The average Bonchev–Trinajstić information content (AvgIpc) is 2.26. The first kappa shape index (κ1) is 8.66. The standard InChI is InChI=1S/C12H15NS/c1-3-7-11-9(5-1)13-10-6-2-4-8-12(10)14-11/h1,3,5,7,10,12-13H,2,4,6,8H2. The largest absolute Gasteiger partial charge is 0.380 e. The molecule has 0 bridgehead atoms. The van der Waals surface area contributed by atoms with Gasteiger partial charge < -0.3 is 5.32 Å². The van der Waals surface area contributed by atoms with Crippen LogP contribution >= 0.6 is 11.8 Å². The van der Waals surface area contributed by atoms with Crippen molar-refractivity contribution in [2.24, 2.45) is 0 Å². The molecule has 2 unspecified atom stereocenters. The summed E-state index contributed by atoms with van der Waals surface area (Å²) in [6.45, 7) is 0. The zero-order chi connectivity index (χ0) is 9.38. The van der Waals surface area contributed by atoms with Crippen LogP contribution in [0.3, 0.4) is 0 Å². The van der Waals surface area contributed by atoms with Crippen molar-refractivity contribution < 1.29 is 0 Å². The van der Waals surface area contributed by atoms with Gasteiger partial charge in [-0.25, -0.2) is 0 Å². The third kappa shape index (κ3) is 1.42. The van der Waals surface area contributed by atoms with Gasteiger partial charge in [0.25, 0.3) is 0 Å². The zero-order valence-corrected chi connectivity index (χ0v) is 9.02. The lowest BCUT2D eigenvalue weighted by Crippen LogP contribution is -2.37. The zero-order valence-electron chi connectivity index (χ0n) is 8.20. The van der Waals surface area contributed by atoms with Gasteiger partial charge in [-0.3, -0.25) is 0 Å². The first-order chi connectivity index (χ1) is 6.93. The molecule has 74 valence electrons. The Bertz CT molecular complexity index is 304. The van der Waals surface area contributed by atoms with Crippen molar-refractivity contribution >= 4 is 17.4 Å². The summed E-state index contributed by atoms with van der Waals surface area (Å²) in [6, 6.07) is 9.42. The maximum Gasteiger partial charge on any atom is 0.0481 e. The molecule has 14 heavy (non-hydrogen) atoms. The Labute approximate surface area is 89.3 Å². The van der Waals surface area contributed by atoms with E-state index in [9.17, 15) is 0 Å². The highest BCUT2D eigenvalue weighted by molar-refractivity contribution is 8.00. The van der Waals surface area contributed by atoms with E-state index in [-0.39, 0.29) is 0 Å². The molecule has 1 heterocycles. The smallest absolute Gasteiger partial charge is 0.0481 e. The van der Waals surface area contributed by atoms with Crippen LogP contribution in [0.25, 0.3) is 0 Å². The highest BCUT2D eigenvalue weighted by Crippen LogP contribution is 2.42. The number of rotatable bonds is 0. The first-order valence-corrected chi connectivity index (χ1v) is 6.34. The molecule has 1 aliphatic carbocycles. The van der Waals surface area contributed by atoms with Crippen LogP contribution in [0.15, 0.2) is 29.2 Å². The predicted molar refractivity (Wildman–Crippen MR) is 62.0 cm³/mol. The maximum atomic E-state index is 3.68. The lowest BCUT2D eigenvalue weighted by molar-refractivity contribution is 0.471. The van der Waals surface area contributed by atoms with Crippen molar-refractivity contribution in [3.8, 4) is 0 Å². The lowest BCUT2D eigenvalue weighted by atomic mass is 9.94. The maximum absolute atomic E-state index is 3.68. The molecular formula is C12H15NS. The molecule has 1 saturated carbocycles. The van der Waals surface area contributed by atoms with E-state index in [1.807, 2.05) is 0 Å². The van der Waals surface area contributed by atoms with Crippen molar-refractivity contribution in [2.75, 3.05) is 5.32 Å². The Balaban J connectivity index is 1.91. The predicted octanol–water partition coefficient (Wildman–Crippen LogP) is 3.52. The summed E-state index contributed by atoms with van der Waals surface area (Å²) in [7, 11) is 0. The second-order valence-corrected chi connectivity index (χ2v) is 5.47. The molecule has 1 nitrogen and oxygen atoms in total. The van der Waals surface area contributed by atoms with Gasteiger partial charge in [-0.15, -0.1) is 11.8 Å². The molecule has 0 aromatic heterocycles. The second kappa shape index (κ2) is 3.50. The van der Waals surface area contributed by atoms with E-state index in [1.165, 1.54) is 36.3 Å². The highest BCUT2D eigenvalue weighted by Gasteiger charge is 2.30. The van der Waals surface area contributed by atoms with Crippen LogP contribution in [0.1, 0.15) is 25.7 Å². The highest BCUT2D eigenvalue weighted by atomic mass is 32.2.